The third-order valence-corrected chi connectivity index (χ3v) is 5.16. The molecule has 0 aliphatic rings. The van der Waals surface area contributed by atoms with Crippen molar-refractivity contribution in [1.29, 1.82) is 0 Å². The molecule has 138 valence electrons. The van der Waals surface area contributed by atoms with Crippen molar-refractivity contribution in [2.45, 2.75) is 36.2 Å². The fourth-order valence-electron chi connectivity index (χ4n) is 2.08. The van der Waals surface area contributed by atoms with Gasteiger partial charge in [0.1, 0.15) is 12.4 Å². The van der Waals surface area contributed by atoms with Gasteiger partial charge in [-0.05, 0) is 18.2 Å². The van der Waals surface area contributed by atoms with E-state index >= 15 is 0 Å². The molecule has 3 rings (SSSR count). The first kappa shape index (κ1) is 18.7. The fraction of sp³-hybridized carbons (Fsp3) is 0.312. The Morgan fingerprint density at radius 1 is 1.31 bits per heavy atom. The SMILES string of the molecule is CC(C)Sc1nn2c(=O)cc(COc3cccc(C(F)(F)F)c3)nc2s1. The lowest BCUT2D eigenvalue weighted by atomic mass is 10.2. The number of hydrogen-bond donors (Lipinski definition) is 0. The van der Waals surface area contributed by atoms with Crippen molar-refractivity contribution in [3.8, 4) is 5.75 Å². The Balaban J connectivity index is 1.80. The molecule has 1 aromatic carbocycles. The number of ether oxygens (including phenoxy) is 1. The number of hydrogen-bond acceptors (Lipinski definition) is 6. The zero-order valence-corrected chi connectivity index (χ0v) is 15.4. The van der Waals surface area contributed by atoms with E-state index in [4.69, 9.17) is 4.74 Å². The Labute approximate surface area is 154 Å². The Morgan fingerprint density at radius 2 is 2.08 bits per heavy atom. The first-order chi connectivity index (χ1) is 12.2. The number of aromatic nitrogens is 3. The summed E-state index contributed by atoms with van der Waals surface area (Å²) in [5.41, 5.74) is -0.821. The smallest absolute Gasteiger partial charge is 0.416 e. The highest BCUT2D eigenvalue weighted by Gasteiger charge is 2.30. The first-order valence-corrected chi connectivity index (χ1v) is 9.28. The summed E-state index contributed by atoms with van der Waals surface area (Å²) in [7, 11) is 0. The van der Waals surface area contributed by atoms with Crippen molar-refractivity contribution in [2.75, 3.05) is 0 Å². The lowest BCUT2D eigenvalue weighted by molar-refractivity contribution is -0.137. The van der Waals surface area contributed by atoms with E-state index in [-0.39, 0.29) is 17.9 Å². The second-order valence-electron chi connectivity index (χ2n) is 5.63. The summed E-state index contributed by atoms with van der Waals surface area (Å²) < 4.78 is 45.5. The Kier molecular flexibility index (Phi) is 5.24. The van der Waals surface area contributed by atoms with Crippen molar-refractivity contribution < 1.29 is 17.9 Å². The van der Waals surface area contributed by atoms with Crippen molar-refractivity contribution >= 4 is 28.1 Å². The summed E-state index contributed by atoms with van der Waals surface area (Å²) in [5.74, 6) is 0.0576. The molecule has 0 atom stereocenters. The van der Waals surface area contributed by atoms with Crippen LogP contribution in [0.25, 0.3) is 4.96 Å². The Morgan fingerprint density at radius 3 is 2.77 bits per heavy atom. The van der Waals surface area contributed by atoms with Crippen LogP contribution in [0.2, 0.25) is 0 Å². The van der Waals surface area contributed by atoms with Crippen LogP contribution in [0.5, 0.6) is 5.75 Å². The highest BCUT2D eigenvalue weighted by molar-refractivity contribution is 8.01. The molecular weight excluding hydrogens is 387 g/mol. The maximum absolute atomic E-state index is 12.7. The van der Waals surface area contributed by atoms with Crippen LogP contribution in [0.3, 0.4) is 0 Å². The van der Waals surface area contributed by atoms with Crippen LogP contribution >= 0.6 is 23.1 Å². The molecule has 0 amide bonds. The number of fused-ring (bicyclic) bond motifs is 1. The molecule has 0 saturated carbocycles. The monoisotopic (exact) mass is 401 g/mol. The molecule has 2 aromatic heterocycles. The maximum Gasteiger partial charge on any atom is 0.416 e. The number of benzene rings is 1. The summed E-state index contributed by atoms with van der Waals surface area (Å²) in [6, 6.07) is 5.83. The second-order valence-corrected chi connectivity index (χ2v) is 8.41. The van der Waals surface area contributed by atoms with Crippen molar-refractivity contribution in [3.05, 3.63) is 51.9 Å². The molecule has 26 heavy (non-hydrogen) atoms. The van der Waals surface area contributed by atoms with Gasteiger partial charge in [-0.15, -0.1) is 5.10 Å². The molecule has 0 radical (unpaired) electrons. The molecule has 0 spiro atoms. The number of thioether (sulfide) groups is 1. The van der Waals surface area contributed by atoms with Crippen molar-refractivity contribution in [2.24, 2.45) is 0 Å². The summed E-state index contributed by atoms with van der Waals surface area (Å²) in [6.45, 7) is 3.92. The summed E-state index contributed by atoms with van der Waals surface area (Å²) in [5, 5.41) is 4.52. The van der Waals surface area contributed by atoms with E-state index in [0.29, 0.717) is 15.9 Å². The lowest BCUT2D eigenvalue weighted by Gasteiger charge is -2.09. The Hall–Kier alpha value is -2.07. The maximum atomic E-state index is 12.7. The van der Waals surface area contributed by atoms with Crippen LogP contribution in [-0.4, -0.2) is 19.8 Å². The van der Waals surface area contributed by atoms with Gasteiger partial charge in [0.15, 0.2) is 4.34 Å². The number of halogens is 3. The van der Waals surface area contributed by atoms with Crippen LogP contribution in [0.15, 0.2) is 39.5 Å². The minimum absolute atomic E-state index is 0.0576. The number of nitrogens with zero attached hydrogens (tertiary/aromatic N) is 3. The van der Waals surface area contributed by atoms with Gasteiger partial charge in [0, 0.05) is 11.3 Å². The van der Waals surface area contributed by atoms with E-state index in [0.717, 1.165) is 16.5 Å². The molecule has 0 N–H and O–H groups in total. The third-order valence-electron chi connectivity index (χ3n) is 3.16. The average Bonchev–Trinajstić information content (AvgIpc) is 2.94. The van der Waals surface area contributed by atoms with Crippen molar-refractivity contribution in [3.63, 3.8) is 0 Å². The standard InChI is InChI=1S/C16H14F3N3O2S2/c1-9(2)25-15-21-22-13(23)7-11(20-14(22)26-15)8-24-12-5-3-4-10(6-12)16(17,18)19/h3-7,9H,8H2,1-2H3. The van der Waals surface area contributed by atoms with Crippen LogP contribution in [0.1, 0.15) is 25.1 Å². The molecule has 0 aliphatic carbocycles. The van der Waals surface area contributed by atoms with Crippen LogP contribution in [0, 0.1) is 0 Å². The van der Waals surface area contributed by atoms with Gasteiger partial charge in [0.25, 0.3) is 5.56 Å². The largest absolute Gasteiger partial charge is 0.487 e. The molecule has 2 heterocycles. The predicted octanol–water partition coefficient (Wildman–Crippen LogP) is 4.25. The van der Waals surface area contributed by atoms with Gasteiger partial charge in [0.05, 0.1) is 11.3 Å². The minimum atomic E-state index is -4.44. The fourth-order valence-corrected chi connectivity index (χ4v) is 4.27. The summed E-state index contributed by atoms with van der Waals surface area (Å²) >= 11 is 2.80. The van der Waals surface area contributed by atoms with E-state index in [1.807, 2.05) is 13.8 Å². The van der Waals surface area contributed by atoms with Gasteiger partial charge in [-0.1, -0.05) is 43.0 Å². The quantitative estimate of drug-likeness (QED) is 0.599. The molecule has 10 heteroatoms. The molecule has 0 fully saturated rings. The molecular formula is C16H14F3N3O2S2. The van der Waals surface area contributed by atoms with E-state index in [2.05, 4.69) is 10.1 Å². The first-order valence-electron chi connectivity index (χ1n) is 7.59. The van der Waals surface area contributed by atoms with E-state index in [1.54, 1.807) is 0 Å². The number of rotatable bonds is 5. The van der Waals surface area contributed by atoms with Gasteiger partial charge in [-0.25, -0.2) is 4.98 Å². The Bertz CT molecular complexity index is 983. The van der Waals surface area contributed by atoms with E-state index in [1.165, 1.54) is 45.8 Å². The average molecular weight is 401 g/mol. The zero-order chi connectivity index (χ0) is 18.9. The molecule has 0 unspecified atom stereocenters. The third kappa shape index (κ3) is 4.36. The molecule has 3 aromatic rings. The van der Waals surface area contributed by atoms with Gasteiger partial charge in [-0.3, -0.25) is 4.79 Å². The second kappa shape index (κ2) is 7.28. The van der Waals surface area contributed by atoms with Gasteiger partial charge < -0.3 is 4.74 Å². The van der Waals surface area contributed by atoms with E-state index in [9.17, 15) is 18.0 Å². The summed E-state index contributed by atoms with van der Waals surface area (Å²) in [4.78, 5) is 16.9. The number of alkyl halides is 3. The molecule has 0 saturated heterocycles. The minimum Gasteiger partial charge on any atom is -0.487 e. The molecule has 5 nitrogen and oxygen atoms in total. The normalized spacial score (nSPS) is 12.1. The lowest BCUT2D eigenvalue weighted by Crippen LogP contribution is -2.16. The summed E-state index contributed by atoms with van der Waals surface area (Å²) in [6.07, 6.45) is -4.44. The van der Waals surface area contributed by atoms with Gasteiger partial charge in [0.2, 0.25) is 4.96 Å². The predicted molar refractivity (Wildman–Crippen MR) is 93.9 cm³/mol. The highest BCUT2D eigenvalue weighted by atomic mass is 32.2. The topological polar surface area (TPSA) is 56.5 Å². The highest BCUT2D eigenvalue weighted by Crippen LogP contribution is 2.31. The van der Waals surface area contributed by atoms with Crippen molar-refractivity contribution in [1.82, 2.24) is 14.6 Å². The van der Waals surface area contributed by atoms with Gasteiger partial charge in [-0.2, -0.15) is 17.7 Å². The van der Waals surface area contributed by atoms with Crippen LogP contribution in [0.4, 0.5) is 13.2 Å². The molecule has 0 bridgehead atoms. The van der Waals surface area contributed by atoms with Gasteiger partial charge >= 0.3 is 6.18 Å². The van der Waals surface area contributed by atoms with E-state index < -0.39 is 11.7 Å². The van der Waals surface area contributed by atoms with Crippen LogP contribution < -0.4 is 10.3 Å². The molecule has 0 aliphatic heterocycles. The zero-order valence-electron chi connectivity index (χ0n) is 13.8. The van der Waals surface area contributed by atoms with Crippen LogP contribution in [-0.2, 0) is 12.8 Å².